The molecule has 2 N–H and O–H groups in total. The molecule has 0 saturated carbocycles. The van der Waals surface area contributed by atoms with E-state index >= 15 is 0 Å². The monoisotopic (exact) mass is 266 g/mol. The Morgan fingerprint density at radius 3 is 2.56 bits per heavy atom. The van der Waals surface area contributed by atoms with E-state index in [1.54, 1.807) is 24.3 Å². The van der Waals surface area contributed by atoms with Crippen molar-refractivity contribution < 1.29 is 14.3 Å². The summed E-state index contributed by atoms with van der Waals surface area (Å²) < 4.78 is 4.47. The highest BCUT2D eigenvalue weighted by molar-refractivity contribution is 7.80. The van der Waals surface area contributed by atoms with Gasteiger partial charge in [0, 0.05) is 12.1 Å². The molecule has 0 aliphatic heterocycles. The molecule has 0 aliphatic carbocycles. The van der Waals surface area contributed by atoms with E-state index in [4.69, 9.17) is 12.2 Å². The molecule has 0 unspecified atom stereocenters. The number of nitrogens with one attached hydrogen (secondary N) is 2. The molecule has 0 heterocycles. The van der Waals surface area contributed by atoms with Crippen molar-refractivity contribution in [3.63, 3.8) is 0 Å². The zero-order chi connectivity index (χ0) is 13.4. The van der Waals surface area contributed by atoms with Crippen molar-refractivity contribution in [3.8, 4) is 0 Å². The van der Waals surface area contributed by atoms with Crippen molar-refractivity contribution >= 4 is 29.2 Å². The zero-order valence-corrected chi connectivity index (χ0v) is 10.8. The minimum absolute atomic E-state index is 0.188. The topological polar surface area (TPSA) is 67.4 Å². The first-order valence-corrected chi connectivity index (χ1v) is 5.75. The zero-order valence-electron chi connectivity index (χ0n) is 9.93. The summed E-state index contributed by atoms with van der Waals surface area (Å²) in [5, 5.41) is 5.45. The Labute approximate surface area is 111 Å². The van der Waals surface area contributed by atoms with Gasteiger partial charge >= 0.3 is 5.97 Å². The number of rotatable bonds is 4. The molecule has 1 aromatic rings. The number of carbonyl (C=O) groups excluding carboxylic acids is 2. The lowest BCUT2D eigenvalue weighted by Crippen LogP contribution is -2.40. The van der Waals surface area contributed by atoms with Gasteiger partial charge in [0.15, 0.2) is 5.11 Å². The number of benzene rings is 1. The molecule has 5 nitrogen and oxygen atoms in total. The molecule has 0 bridgehead atoms. The van der Waals surface area contributed by atoms with Gasteiger partial charge in [0.25, 0.3) is 5.91 Å². The maximum Gasteiger partial charge on any atom is 0.307 e. The molecule has 0 aliphatic rings. The Hall–Kier alpha value is -1.95. The predicted molar refractivity (Wildman–Crippen MR) is 71.1 cm³/mol. The van der Waals surface area contributed by atoms with Crippen LogP contribution in [0.3, 0.4) is 0 Å². The van der Waals surface area contributed by atoms with Crippen LogP contribution >= 0.6 is 12.2 Å². The van der Waals surface area contributed by atoms with Crippen LogP contribution in [0.2, 0.25) is 0 Å². The largest absolute Gasteiger partial charge is 0.469 e. The molecule has 0 fully saturated rings. The van der Waals surface area contributed by atoms with Crippen molar-refractivity contribution in [2.75, 3.05) is 13.7 Å². The second kappa shape index (κ2) is 7.39. The van der Waals surface area contributed by atoms with Crippen molar-refractivity contribution in [3.05, 3.63) is 35.9 Å². The van der Waals surface area contributed by atoms with E-state index in [-0.39, 0.29) is 23.4 Å². The number of ether oxygens (including phenoxy) is 1. The third kappa shape index (κ3) is 4.92. The molecule has 18 heavy (non-hydrogen) atoms. The lowest BCUT2D eigenvalue weighted by atomic mass is 10.2. The van der Waals surface area contributed by atoms with Crippen molar-refractivity contribution in [1.82, 2.24) is 10.6 Å². The molecule has 1 amide bonds. The summed E-state index contributed by atoms with van der Waals surface area (Å²) >= 11 is 4.92. The Balaban J connectivity index is 2.32. The van der Waals surface area contributed by atoms with Crippen LogP contribution in [0.25, 0.3) is 0 Å². The molecule has 1 rings (SSSR count). The SMILES string of the molecule is COC(=O)CCNC(=S)NC(=O)c1ccccc1. The van der Waals surface area contributed by atoms with Gasteiger partial charge in [-0.1, -0.05) is 18.2 Å². The average Bonchev–Trinajstić information content (AvgIpc) is 2.39. The molecule has 0 spiro atoms. The second-order valence-corrected chi connectivity index (χ2v) is 3.81. The lowest BCUT2D eigenvalue weighted by molar-refractivity contribution is -0.140. The van der Waals surface area contributed by atoms with Crippen LogP contribution in [0.1, 0.15) is 16.8 Å². The smallest absolute Gasteiger partial charge is 0.307 e. The van der Waals surface area contributed by atoms with E-state index in [0.717, 1.165) is 0 Å². The van der Waals surface area contributed by atoms with Gasteiger partial charge in [-0.2, -0.15) is 0 Å². The highest BCUT2D eigenvalue weighted by Crippen LogP contribution is 1.97. The minimum atomic E-state index is -0.334. The van der Waals surface area contributed by atoms with Gasteiger partial charge < -0.3 is 10.1 Å². The van der Waals surface area contributed by atoms with Crippen LogP contribution in [-0.2, 0) is 9.53 Å². The van der Waals surface area contributed by atoms with Gasteiger partial charge in [0.1, 0.15) is 0 Å². The summed E-state index contributed by atoms with van der Waals surface area (Å²) in [6.45, 7) is 0.320. The Morgan fingerprint density at radius 1 is 1.28 bits per heavy atom. The number of amides is 1. The van der Waals surface area contributed by atoms with Gasteiger partial charge in [-0.15, -0.1) is 0 Å². The van der Waals surface area contributed by atoms with Crippen LogP contribution in [0.5, 0.6) is 0 Å². The van der Waals surface area contributed by atoms with E-state index in [2.05, 4.69) is 15.4 Å². The van der Waals surface area contributed by atoms with Gasteiger partial charge in [-0.05, 0) is 24.4 Å². The van der Waals surface area contributed by atoms with E-state index in [0.29, 0.717) is 12.1 Å². The lowest BCUT2D eigenvalue weighted by Gasteiger charge is -2.08. The Kier molecular flexibility index (Phi) is 5.79. The average molecular weight is 266 g/mol. The number of methoxy groups -OCH3 is 1. The predicted octanol–water partition coefficient (Wildman–Crippen LogP) is 0.854. The van der Waals surface area contributed by atoms with Crippen molar-refractivity contribution in [2.45, 2.75) is 6.42 Å². The molecule has 0 atom stereocenters. The molecule has 96 valence electrons. The molecule has 1 aromatic carbocycles. The van der Waals surface area contributed by atoms with Crippen LogP contribution in [0.15, 0.2) is 30.3 Å². The Bertz CT molecular complexity index is 434. The number of thiocarbonyl (C=S) groups is 1. The van der Waals surface area contributed by atoms with Gasteiger partial charge in [0.2, 0.25) is 0 Å². The van der Waals surface area contributed by atoms with Gasteiger partial charge in [-0.3, -0.25) is 14.9 Å². The molecule has 0 aromatic heterocycles. The first-order chi connectivity index (χ1) is 8.63. The number of hydrogen-bond acceptors (Lipinski definition) is 4. The molecule has 0 radical (unpaired) electrons. The first-order valence-electron chi connectivity index (χ1n) is 5.34. The normalized spacial score (nSPS) is 9.39. The summed E-state index contributed by atoms with van der Waals surface area (Å²) in [6.07, 6.45) is 0.192. The maximum atomic E-state index is 11.7. The van der Waals surface area contributed by atoms with Gasteiger partial charge in [-0.25, -0.2) is 0 Å². The second-order valence-electron chi connectivity index (χ2n) is 3.40. The number of esters is 1. The first kappa shape index (κ1) is 14.1. The van der Waals surface area contributed by atoms with Crippen molar-refractivity contribution in [1.29, 1.82) is 0 Å². The highest BCUT2D eigenvalue weighted by Gasteiger charge is 2.07. The van der Waals surface area contributed by atoms with Crippen LogP contribution in [0, 0.1) is 0 Å². The third-order valence-electron chi connectivity index (χ3n) is 2.11. The van der Waals surface area contributed by atoms with Crippen LogP contribution < -0.4 is 10.6 Å². The summed E-state index contributed by atoms with van der Waals surface area (Å²) in [5.41, 5.74) is 0.523. The highest BCUT2D eigenvalue weighted by atomic mass is 32.1. The van der Waals surface area contributed by atoms with Crippen LogP contribution in [0.4, 0.5) is 0 Å². The fourth-order valence-corrected chi connectivity index (χ4v) is 1.38. The van der Waals surface area contributed by atoms with Crippen molar-refractivity contribution in [2.24, 2.45) is 0 Å². The van der Waals surface area contributed by atoms with E-state index in [1.807, 2.05) is 6.07 Å². The third-order valence-corrected chi connectivity index (χ3v) is 2.35. The summed E-state index contributed by atoms with van der Waals surface area (Å²) in [5.74, 6) is -0.620. The summed E-state index contributed by atoms with van der Waals surface area (Å²) in [6, 6.07) is 8.73. The van der Waals surface area contributed by atoms with Crippen LogP contribution in [-0.4, -0.2) is 30.6 Å². The van der Waals surface area contributed by atoms with E-state index < -0.39 is 0 Å². The standard InChI is InChI=1S/C12H14N2O3S/c1-17-10(15)7-8-13-12(18)14-11(16)9-5-3-2-4-6-9/h2-6H,7-8H2,1H3,(H2,13,14,16,18). The number of carbonyl (C=O) groups is 2. The molecule has 0 saturated heterocycles. The van der Waals surface area contributed by atoms with E-state index in [9.17, 15) is 9.59 Å². The molecular weight excluding hydrogens is 252 g/mol. The fraction of sp³-hybridized carbons (Fsp3) is 0.250. The minimum Gasteiger partial charge on any atom is -0.469 e. The summed E-state index contributed by atoms with van der Waals surface area (Å²) in [4.78, 5) is 22.5. The molecule has 6 heteroatoms. The maximum absolute atomic E-state index is 11.7. The quantitative estimate of drug-likeness (QED) is 0.625. The number of hydrogen-bond donors (Lipinski definition) is 2. The fourth-order valence-electron chi connectivity index (χ4n) is 1.19. The summed E-state index contributed by atoms with van der Waals surface area (Å²) in [7, 11) is 1.32. The van der Waals surface area contributed by atoms with E-state index in [1.165, 1.54) is 7.11 Å². The molecular formula is C12H14N2O3S. The van der Waals surface area contributed by atoms with Gasteiger partial charge in [0.05, 0.1) is 13.5 Å². The Morgan fingerprint density at radius 2 is 1.94 bits per heavy atom.